The molecule has 142 valence electrons. The van der Waals surface area contributed by atoms with E-state index in [0.717, 1.165) is 12.1 Å². The SMILES string of the molecule is O=C(c1cccc(C(F)(F)F)c1)[C@H]1CCCN(C(=O)/C=C/c2cnc[nH]2)C1. The summed E-state index contributed by atoms with van der Waals surface area (Å²) in [4.78, 5) is 33.2. The minimum absolute atomic E-state index is 0.0251. The molecule has 27 heavy (non-hydrogen) atoms. The van der Waals surface area contributed by atoms with E-state index in [1.165, 1.54) is 24.5 Å². The number of hydrogen-bond donors (Lipinski definition) is 1. The summed E-state index contributed by atoms with van der Waals surface area (Å²) in [6, 6.07) is 4.43. The van der Waals surface area contributed by atoms with Crippen molar-refractivity contribution in [3.05, 3.63) is 59.7 Å². The average molecular weight is 377 g/mol. The van der Waals surface area contributed by atoms with Crippen LogP contribution in [-0.2, 0) is 11.0 Å². The summed E-state index contributed by atoms with van der Waals surface area (Å²) >= 11 is 0. The van der Waals surface area contributed by atoms with Crippen molar-refractivity contribution in [2.24, 2.45) is 5.92 Å². The van der Waals surface area contributed by atoms with Gasteiger partial charge < -0.3 is 9.88 Å². The first-order chi connectivity index (χ1) is 12.8. The standard InChI is InChI=1S/C19H18F3N3O2/c20-19(21,22)15-5-1-3-13(9-15)18(27)14-4-2-8-25(11-14)17(26)7-6-16-10-23-12-24-16/h1,3,5-7,9-10,12,14H,2,4,8,11H2,(H,23,24)/b7-6+/t14-/m0/s1. The van der Waals surface area contributed by atoms with Gasteiger partial charge in [0.25, 0.3) is 0 Å². The Morgan fingerprint density at radius 3 is 2.81 bits per heavy atom. The third-order valence-corrected chi connectivity index (χ3v) is 4.50. The number of nitrogens with zero attached hydrogens (tertiary/aromatic N) is 2. The van der Waals surface area contributed by atoms with E-state index in [1.54, 1.807) is 17.2 Å². The maximum absolute atomic E-state index is 12.9. The van der Waals surface area contributed by atoms with Gasteiger partial charge in [-0.15, -0.1) is 0 Å². The predicted molar refractivity (Wildman–Crippen MR) is 92.7 cm³/mol. The minimum Gasteiger partial charge on any atom is -0.345 e. The Morgan fingerprint density at radius 2 is 2.11 bits per heavy atom. The van der Waals surface area contributed by atoms with Crippen LogP contribution < -0.4 is 0 Å². The fourth-order valence-electron chi connectivity index (χ4n) is 3.10. The molecule has 1 aromatic heterocycles. The van der Waals surface area contributed by atoms with Crippen molar-refractivity contribution < 1.29 is 22.8 Å². The summed E-state index contributed by atoms with van der Waals surface area (Å²) < 4.78 is 38.6. The van der Waals surface area contributed by atoms with Crippen LogP contribution in [0.3, 0.4) is 0 Å². The summed E-state index contributed by atoms with van der Waals surface area (Å²) in [6.07, 6.45) is 2.72. The van der Waals surface area contributed by atoms with Crippen LogP contribution in [-0.4, -0.2) is 39.6 Å². The molecule has 1 atom stereocenters. The van der Waals surface area contributed by atoms with Crippen LogP contribution in [0.4, 0.5) is 13.2 Å². The number of likely N-dealkylation sites (tertiary alicyclic amines) is 1. The molecule has 5 nitrogen and oxygen atoms in total. The molecule has 0 saturated carbocycles. The Kier molecular flexibility index (Phi) is 5.43. The lowest BCUT2D eigenvalue weighted by atomic mass is 9.89. The molecule has 1 aromatic carbocycles. The molecule has 2 heterocycles. The van der Waals surface area contributed by atoms with Gasteiger partial charge in [0.2, 0.25) is 5.91 Å². The van der Waals surface area contributed by atoms with Crippen LogP contribution in [0.5, 0.6) is 0 Å². The highest BCUT2D eigenvalue weighted by Crippen LogP contribution is 2.30. The molecule has 1 amide bonds. The van der Waals surface area contributed by atoms with Gasteiger partial charge in [-0.25, -0.2) is 4.98 Å². The number of benzene rings is 1. The molecule has 1 saturated heterocycles. The van der Waals surface area contributed by atoms with E-state index < -0.39 is 17.7 Å². The first-order valence-corrected chi connectivity index (χ1v) is 8.51. The topological polar surface area (TPSA) is 66.1 Å². The van der Waals surface area contributed by atoms with Crippen LogP contribution in [0, 0.1) is 5.92 Å². The number of Topliss-reactive ketones (excluding diaryl/α,β-unsaturated/α-hetero) is 1. The zero-order valence-electron chi connectivity index (χ0n) is 14.4. The lowest BCUT2D eigenvalue weighted by Gasteiger charge is -2.31. The Balaban J connectivity index is 1.68. The molecule has 1 N–H and O–H groups in total. The molecular weight excluding hydrogens is 359 g/mol. The molecule has 2 aromatic rings. The van der Waals surface area contributed by atoms with Crippen LogP contribution in [0.2, 0.25) is 0 Å². The van der Waals surface area contributed by atoms with Crippen molar-refractivity contribution in [3.8, 4) is 0 Å². The number of aromatic nitrogens is 2. The quantitative estimate of drug-likeness (QED) is 0.654. The molecule has 0 spiro atoms. The van der Waals surface area contributed by atoms with E-state index in [-0.39, 0.29) is 23.8 Å². The van der Waals surface area contributed by atoms with E-state index in [1.807, 2.05) is 0 Å². The summed E-state index contributed by atoms with van der Waals surface area (Å²) in [5.41, 5.74) is -0.145. The van der Waals surface area contributed by atoms with Gasteiger partial charge in [0.1, 0.15) is 0 Å². The number of ketones is 1. The second-order valence-corrected chi connectivity index (χ2v) is 6.41. The first kappa shape index (κ1) is 18.9. The van der Waals surface area contributed by atoms with Gasteiger partial charge >= 0.3 is 6.18 Å². The second kappa shape index (κ2) is 7.77. The smallest absolute Gasteiger partial charge is 0.345 e. The van der Waals surface area contributed by atoms with E-state index in [2.05, 4.69) is 9.97 Å². The Labute approximate surface area is 153 Å². The summed E-state index contributed by atoms with van der Waals surface area (Å²) in [7, 11) is 0. The molecule has 1 aliphatic rings. The lowest BCUT2D eigenvalue weighted by Crippen LogP contribution is -2.41. The Hall–Kier alpha value is -2.90. The zero-order valence-corrected chi connectivity index (χ0v) is 14.4. The van der Waals surface area contributed by atoms with E-state index in [9.17, 15) is 22.8 Å². The highest BCUT2D eigenvalue weighted by atomic mass is 19.4. The monoisotopic (exact) mass is 377 g/mol. The first-order valence-electron chi connectivity index (χ1n) is 8.51. The largest absolute Gasteiger partial charge is 0.416 e. The molecule has 0 aliphatic carbocycles. The summed E-state index contributed by atoms with van der Waals surface area (Å²) in [6.45, 7) is 0.708. The van der Waals surface area contributed by atoms with E-state index in [0.29, 0.717) is 25.1 Å². The molecule has 0 radical (unpaired) electrons. The number of amides is 1. The number of imidazole rings is 1. The fourth-order valence-corrected chi connectivity index (χ4v) is 3.10. The van der Waals surface area contributed by atoms with Gasteiger partial charge in [0, 0.05) is 30.6 Å². The molecule has 0 bridgehead atoms. The summed E-state index contributed by atoms with van der Waals surface area (Å²) in [5.74, 6) is -1.12. The number of halogens is 3. The fraction of sp³-hybridized carbons (Fsp3) is 0.316. The molecular formula is C19H18F3N3O2. The number of piperidine rings is 1. The highest BCUT2D eigenvalue weighted by molar-refractivity contribution is 5.99. The number of alkyl halides is 3. The van der Waals surface area contributed by atoms with Crippen LogP contribution in [0.15, 0.2) is 42.9 Å². The molecule has 3 rings (SSSR count). The number of aromatic amines is 1. The number of nitrogens with one attached hydrogen (secondary N) is 1. The predicted octanol–water partition coefficient (Wildman–Crippen LogP) is 3.56. The van der Waals surface area contributed by atoms with Gasteiger partial charge in [0.05, 0.1) is 23.8 Å². The number of rotatable bonds is 4. The molecule has 8 heteroatoms. The number of H-pyrrole nitrogens is 1. The van der Waals surface area contributed by atoms with Gasteiger partial charge in [-0.1, -0.05) is 12.1 Å². The maximum atomic E-state index is 12.9. The van der Waals surface area contributed by atoms with Crippen molar-refractivity contribution in [1.82, 2.24) is 14.9 Å². The summed E-state index contributed by atoms with van der Waals surface area (Å²) in [5, 5.41) is 0. The van der Waals surface area contributed by atoms with Gasteiger partial charge in [0.15, 0.2) is 5.78 Å². The Bertz CT molecular complexity index is 844. The minimum atomic E-state index is -4.50. The van der Waals surface area contributed by atoms with Crippen molar-refractivity contribution in [2.75, 3.05) is 13.1 Å². The van der Waals surface area contributed by atoms with Gasteiger partial charge in [-0.2, -0.15) is 13.2 Å². The third kappa shape index (κ3) is 4.64. The van der Waals surface area contributed by atoms with Crippen molar-refractivity contribution in [3.63, 3.8) is 0 Å². The van der Waals surface area contributed by atoms with Crippen molar-refractivity contribution in [2.45, 2.75) is 19.0 Å². The third-order valence-electron chi connectivity index (χ3n) is 4.50. The van der Waals surface area contributed by atoms with Gasteiger partial charge in [-0.3, -0.25) is 9.59 Å². The van der Waals surface area contributed by atoms with Crippen LogP contribution >= 0.6 is 0 Å². The zero-order chi connectivity index (χ0) is 19.4. The van der Waals surface area contributed by atoms with E-state index >= 15 is 0 Å². The van der Waals surface area contributed by atoms with Crippen LogP contribution in [0.1, 0.15) is 34.5 Å². The van der Waals surface area contributed by atoms with E-state index in [4.69, 9.17) is 0 Å². The van der Waals surface area contributed by atoms with Gasteiger partial charge in [-0.05, 0) is 31.1 Å². The molecule has 1 fully saturated rings. The molecule has 0 unspecified atom stereocenters. The number of carbonyl (C=O) groups excluding carboxylic acids is 2. The highest BCUT2D eigenvalue weighted by Gasteiger charge is 2.33. The lowest BCUT2D eigenvalue weighted by molar-refractivity contribution is -0.137. The number of carbonyl (C=O) groups is 2. The average Bonchev–Trinajstić information content (AvgIpc) is 3.18. The van der Waals surface area contributed by atoms with Crippen molar-refractivity contribution in [1.29, 1.82) is 0 Å². The number of hydrogen-bond acceptors (Lipinski definition) is 3. The van der Waals surface area contributed by atoms with Crippen LogP contribution in [0.25, 0.3) is 6.08 Å². The Morgan fingerprint density at radius 1 is 1.30 bits per heavy atom. The maximum Gasteiger partial charge on any atom is 0.416 e. The normalized spacial score (nSPS) is 18.0. The molecule has 1 aliphatic heterocycles. The second-order valence-electron chi connectivity index (χ2n) is 6.41. The van der Waals surface area contributed by atoms with Crippen molar-refractivity contribution >= 4 is 17.8 Å².